The third-order valence-electron chi connectivity index (χ3n) is 6.55. The van der Waals surface area contributed by atoms with Crippen LogP contribution in [0, 0.1) is 0 Å². The summed E-state index contributed by atoms with van der Waals surface area (Å²) in [5.74, 6) is -0.0232. The number of fused-ring (bicyclic) bond motifs is 3. The van der Waals surface area contributed by atoms with Crippen molar-refractivity contribution < 1.29 is 0 Å². The fourth-order valence-electron chi connectivity index (χ4n) is 4.88. The van der Waals surface area contributed by atoms with E-state index in [-0.39, 0.29) is 5.92 Å². The van der Waals surface area contributed by atoms with Gasteiger partial charge in [-0.05, 0) is 62.0 Å². The molecule has 1 unspecified atom stereocenters. The zero-order valence-electron chi connectivity index (χ0n) is 20.7. The van der Waals surface area contributed by atoms with E-state index in [9.17, 15) is 0 Å². The fraction of sp³-hybridized carbons (Fsp3) is 0.0909. The molecule has 1 atom stereocenters. The lowest BCUT2D eigenvalue weighted by molar-refractivity contribution is 0.965. The summed E-state index contributed by atoms with van der Waals surface area (Å²) >= 11 is 0. The quantitative estimate of drug-likeness (QED) is 0.215. The minimum absolute atomic E-state index is 0.0232. The summed E-state index contributed by atoms with van der Waals surface area (Å²) in [4.78, 5) is 9.05. The molecule has 0 bridgehead atoms. The van der Waals surface area contributed by atoms with Gasteiger partial charge in [0.25, 0.3) is 0 Å². The SMILES string of the molecule is C=N/C(=C\C(/C(=C/C)N=CC)c1ccccc1)c1ccc(-n2c3ccccc3c3ccccc32)cc1. The third kappa shape index (κ3) is 4.32. The number of hydrogen-bond donors (Lipinski definition) is 0. The van der Waals surface area contributed by atoms with Gasteiger partial charge in [0.05, 0.1) is 16.7 Å². The van der Waals surface area contributed by atoms with E-state index in [1.807, 2.05) is 26.1 Å². The molecular formula is C33H29N3. The van der Waals surface area contributed by atoms with Crippen LogP contribution in [-0.2, 0) is 0 Å². The molecule has 0 aliphatic rings. The topological polar surface area (TPSA) is 29.6 Å². The van der Waals surface area contributed by atoms with Gasteiger partial charge in [-0.1, -0.05) is 84.9 Å². The Balaban J connectivity index is 1.59. The highest BCUT2D eigenvalue weighted by Crippen LogP contribution is 2.34. The Kier molecular flexibility index (Phi) is 6.72. The molecule has 4 aromatic carbocycles. The minimum Gasteiger partial charge on any atom is -0.309 e. The molecule has 0 saturated carbocycles. The highest BCUT2D eigenvalue weighted by molar-refractivity contribution is 6.09. The average molecular weight is 468 g/mol. The minimum atomic E-state index is -0.0232. The van der Waals surface area contributed by atoms with Crippen molar-refractivity contribution in [2.24, 2.45) is 9.98 Å². The van der Waals surface area contributed by atoms with Crippen molar-refractivity contribution in [2.75, 3.05) is 0 Å². The normalized spacial score (nSPS) is 13.5. The average Bonchev–Trinajstić information content (AvgIpc) is 3.28. The molecule has 0 aliphatic carbocycles. The van der Waals surface area contributed by atoms with Crippen LogP contribution in [0.2, 0.25) is 0 Å². The van der Waals surface area contributed by atoms with Gasteiger partial charge in [0.1, 0.15) is 0 Å². The Bertz CT molecular complexity index is 1550. The lowest BCUT2D eigenvalue weighted by Crippen LogP contribution is -2.00. The van der Waals surface area contributed by atoms with Gasteiger partial charge in [-0.3, -0.25) is 9.98 Å². The van der Waals surface area contributed by atoms with Crippen LogP contribution in [0.1, 0.15) is 30.9 Å². The molecule has 0 saturated heterocycles. The number of allylic oxidation sites excluding steroid dienone is 2. The molecule has 5 aromatic rings. The molecule has 1 heterocycles. The van der Waals surface area contributed by atoms with Crippen LogP contribution in [0.4, 0.5) is 0 Å². The predicted molar refractivity (Wildman–Crippen MR) is 155 cm³/mol. The molecule has 3 nitrogen and oxygen atoms in total. The van der Waals surface area contributed by atoms with E-state index in [1.165, 1.54) is 27.4 Å². The number of benzene rings is 4. The van der Waals surface area contributed by atoms with E-state index < -0.39 is 0 Å². The van der Waals surface area contributed by atoms with Crippen LogP contribution in [0.25, 0.3) is 33.2 Å². The lowest BCUT2D eigenvalue weighted by atomic mass is 9.93. The van der Waals surface area contributed by atoms with Gasteiger partial charge >= 0.3 is 0 Å². The molecular weight excluding hydrogens is 438 g/mol. The highest BCUT2D eigenvalue weighted by Gasteiger charge is 2.16. The Morgan fingerprint density at radius 2 is 1.33 bits per heavy atom. The van der Waals surface area contributed by atoms with E-state index in [1.54, 1.807) is 0 Å². The summed E-state index contributed by atoms with van der Waals surface area (Å²) in [6.07, 6.45) is 6.04. The Morgan fingerprint density at radius 3 is 1.89 bits per heavy atom. The van der Waals surface area contributed by atoms with Crippen LogP contribution in [0.5, 0.6) is 0 Å². The van der Waals surface area contributed by atoms with E-state index in [0.717, 1.165) is 22.6 Å². The van der Waals surface area contributed by atoms with Gasteiger partial charge in [0.15, 0.2) is 0 Å². The summed E-state index contributed by atoms with van der Waals surface area (Å²) in [5, 5.41) is 2.51. The van der Waals surface area contributed by atoms with Gasteiger partial charge < -0.3 is 4.57 Å². The number of para-hydroxylation sites is 2. The number of hydrogen-bond acceptors (Lipinski definition) is 2. The van der Waals surface area contributed by atoms with Crippen molar-refractivity contribution in [3.63, 3.8) is 0 Å². The first-order chi connectivity index (χ1) is 17.7. The van der Waals surface area contributed by atoms with E-state index in [2.05, 4.69) is 130 Å². The molecule has 36 heavy (non-hydrogen) atoms. The van der Waals surface area contributed by atoms with Crippen molar-refractivity contribution in [1.29, 1.82) is 0 Å². The Hall–Kier alpha value is -4.50. The maximum absolute atomic E-state index is 4.63. The second kappa shape index (κ2) is 10.4. The molecule has 1 aromatic heterocycles. The maximum Gasteiger partial charge on any atom is 0.0664 e. The van der Waals surface area contributed by atoms with Gasteiger partial charge in [-0.2, -0.15) is 0 Å². The Labute approximate surface area is 212 Å². The van der Waals surface area contributed by atoms with Crippen molar-refractivity contribution >= 4 is 40.4 Å². The van der Waals surface area contributed by atoms with Crippen LogP contribution in [0.15, 0.2) is 131 Å². The Morgan fingerprint density at radius 1 is 0.750 bits per heavy atom. The first-order valence-corrected chi connectivity index (χ1v) is 12.2. The van der Waals surface area contributed by atoms with Crippen LogP contribution >= 0.6 is 0 Å². The molecule has 0 aliphatic heterocycles. The first kappa shape index (κ1) is 23.3. The third-order valence-corrected chi connectivity index (χ3v) is 6.55. The number of rotatable bonds is 7. The zero-order valence-corrected chi connectivity index (χ0v) is 20.7. The summed E-state index contributed by atoms with van der Waals surface area (Å²) in [7, 11) is 0. The van der Waals surface area contributed by atoms with Crippen molar-refractivity contribution in [1.82, 2.24) is 4.57 Å². The van der Waals surface area contributed by atoms with Gasteiger partial charge in [0, 0.05) is 34.3 Å². The number of aliphatic imine (C=N–C) groups is 2. The van der Waals surface area contributed by atoms with Gasteiger partial charge in [-0.25, -0.2) is 0 Å². The highest BCUT2D eigenvalue weighted by atomic mass is 15.0. The second-order valence-electron chi connectivity index (χ2n) is 8.62. The summed E-state index contributed by atoms with van der Waals surface area (Å²) < 4.78 is 2.32. The lowest BCUT2D eigenvalue weighted by Gasteiger charge is -2.16. The molecule has 0 fully saturated rings. The van der Waals surface area contributed by atoms with Crippen LogP contribution in [-0.4, -0.2) is 17.5 Å². The van der Waals surface area contributed by atoms with Crippen LogP contribution in [0.3, 0.4) is 0 Å². The van der Waals surface area contributed by atoms with E-state index >= 15 is 0 Å². The largest absolute Gasteiger partial charge is 0.309 e. The number of aromatic nitrogens is 1. The second-order valence-corrected chi connectivity index (χ2v) is 8.62. The monoisotopic (exact) mass is 467 g/mol. The molecule has 0 N–H and O–H groups in total. The van der Waals surface area contributed by atoms with Crippen LogP contribution < -0.4 is 0 Å². The molecule has 0 amide bonds. The predicted octanol–water partition coefficient (Wildman–Crippen LogP) is 8.60. The smallest absolute Gasteiger partial charge is 0.0664 e. The summed E-state index contributed by atoms with van der Waals surface area (Å²) in [6.45, 7) is 7.85. The van der Waals surface area contributed by atoms with E-state index in [0.29, 0.717) is 0 Å². The molecule has 176 valence electrons. The first-order valence-electron chi connectivity index (χ1n) is 12.2. The number of nitrogens with zero attached hydrogens (tertiary/aromatic N) is 3. The summed E-state index contributed by atoms with van der Waals surface area (Å²) in [5.41, 5.74) is 7.51. The standard InChI is InChI=1S/C33H29N3/c1-4-30(35-5-2)29(24-13-7-6-8-14-24)23-31(34-3)25-19-21-26(22-20-25)36-32-17-11-9-15-27(32)28-16-10-12-18-33(28)36/h4-23,29H,3H2,1-2H3/b30-4-,31-23-,35-5?. The summed E-state index contributed by atoms with van der Waals surface area (Å²) in [6, 6.07) is 36.1. The fourth-order valence-corrected chi connectivity index (χ4v) is 4.88. The van der Waals surface area contributed by atoms with Crippen molar-refractivity contribution in [2.45, 2.75) is 19.8 Å². The zero-order chi connectivity index (χ0) is 24.9. The molecule has 5 rings (SSSR count). The molecule has 0 spiro atoms. The maximum atomic E-state index is 4.63. The van der Waals surface area contributed by atoms with Gasteiger partial charge in [0.2, 0.25) is 0 Å². The molecule has 0 radical (unpaired) electrons. The van der Waals surface area contributed by atoms with E-state index in [4.69, 9.17) is 0 Å². The van der Waals surface area contributed by atoms with Crippen molar-refractivity contribution in [3.05, 3.63) is 132 Å². The van der Waals surface area contributed by atoms with Gasteiger partial charge in [-0.15, -0.1) is 0 Å². The molecule has 3 heteroatoms. The van der Waals surface area contributed by atoms with Crippen molar-refractivity contribution in [3.8, 4) is 5.69 Å².